The summed E-state index contributed by atoms with van der Waals surface area (Å²) in [7, 11) is 0. The standard InChI is InChI=1S/C15H25Cl2N3/c1-5-20(6-2)15(3,4)13(19-18)10-11-8-7-9-12(16)14(11)17/h7-9,13,19H,5-6,10,18H2,1-4H3. The first-order valence-corrected chi connectivity index (χ1v) is 7.78. The number of hydrogen-bond donors (Lipinski definition) is 2. The molecular formula is C15H25Cl2N3. The minimum Gasteiger partial charge on any atom is -0.297 e. The molecule has 0 fully saturated rings. The summed E-state index contributed by atoms with van der Waals surface area (Å²) in [6, 6.07) is 5.80. The van der Waals surface area contributed by atoms with Crippen LogP contribution < -0.4 is 11.3 Å². The number of nitrogens with zero attached hydrogens (tertiary/aromatic N) is 1. The Labute approximate surface area is 132 Å². The molecule has 5 heteroatoms. The van der Waals surface area contributed by atoms with Crippen molar-refractivity contribution in [3.8, 4) is 0 Å². The van der Waals surface area contributed by atoms with Crippen LogP contribution in [0.5, 0.6) is 0 Å². The number of rotatable bonds is 7. The zero-order valence-corrected chi connectivity index (χ0v) is 14.2. The average molecular weight is 318 g/mol. The minimum atomic E-state index is -0.0795. The lowest BCUT2D eigenvalue weighted by Crippen LogP contribution is -2.60. The van der Waals surface area contributed by atoms with Gasteiger partial charge >= 0.3 is 0 Å². The molecule has 20 heavy (non-hydrogen) atoms. The molecule has 3 nitrogen and oxygen atoms in total. The highest BCUT2D eigenvalue weighted by Gasteiger charge is 2.33. The molecule has 0 spiro atoms. The molecule has 0 amide bonds. The van der Waals surface area contributed by atoms with Gasteiger partial charge in [-0.2, -0.15) is 0 Å². The predicted octanol–water partition coefficient (Wildman–Crippen LogP) is 3.49. The quantitative estimate of drug-likeness (QED) is 0.597. The highest BCUT2D eigenvalue weighted by Crippen LogP contribution is 2.29. The Morgan fingerprint density at radius 2 is 1.85 bits per heavy atom. The van der Waals surface area contributed by atoms with Crippen molar-refractivity contribution >= 4 is 23.2 Å². The van der Waals surface area contributed by atoms with Crippen LogP contribution in [0, 0.1) is 0 Å². The third-order valence-corrected chi connectivity index (χ3v) is 4.95. The summed E-state index contributed by atoms with van der Waals surface area (Å²) in [5, 5.41) is 1.20. The third kappa shape index (κ3) is 3.86. The third-order valence-electron chi connectivity index (χ3n) is 4.09. The molecule has 3 N–H and O–H groups in total. The Morgan fingerprint density at radius 1 is 1.25 bits per heavy atom. The monoisotopic (exact) mass is 317 g/mol. The van der Waals surface area contributed by atoms with Gasteiger partial charge in [0.25, 0.3) is 0 Å². The first kappa shape index (κ1) is 17.7. The smallest absolute Gasteiger partial charge is 0.0624 e. The van der Waals surface area contributed by atoms with Gasteiger partial charge in [-0.05, 0) is 45.0 Å². The number of halogens is 2. The van der Waals surface area contributed by atoms with E-state index in [9.17, 15) is 0 Å². The van der Waals surface area contributed by atoms with E-state index in [0.717, 1.165) is 25.1 Å². The van der Waals surface area contributed by atoms with Gasteiger partial charge in [-0.3, -0.25) is 16.2 Å². The molecule has 0 aromatic heterocycles. The lowest BCUT2D eigenvalue weighted by atomic mass is 9.87. The fraction of sp³-hybridized carbons (Fsp3) is 0.600. The van der Waals surface area contributed by atoms with Crippen molar-refractivity contribution in [1.29, 1.82) is 0 Å². The zero-order valence-electron chi connectivity index (χ0n) is 12.7. The molecule has 1 aromatic rings. The summed E-state index contributed by atoms with van der Waals surface area (Å²) in [6.45, 7) is 10.7. The van der Waals surface area contributed by atoms with E-state index in [4.69, 9.17) is 29.0 Å². The van der Waals surface area contributed by atoms with Crippen LogP contribution in [0.1, 0.15) is 33.3 Å². The Kier molecular flexibility index (Phi) is 6.76. The Bertz CT molecular complexity index is 431. The van der Waals surface area contributed by atoms with Crippen molar-refractivity contribution in [1.82, 2.24) is 10.3 Å². The molecule has 0 heterocycles. The van der Waals surface area contributed by atoms with Crippen LogP contribution in [0.4, 0.5) is 0 Å². The summed E-state index contributed by atoms with van der Waals surface area (Å²) < 4.78 is 0. The molecule has 0 aliphatic heterocycles. The molecule has 1 rings (SSSR count). The molecule has 0 saturated heterocycles. The molecule has 0 bridgehead atoms. The topological polar surface area (TPSA) is 41.3 Å². The van der Waals surface area contributed by atoms with Crippen molar-refractivity contribution in [3.05, 3.63) is 33.8 Å². The van der Waals surface area contributed by atoms with Gasteiger partial charge in [0.05, 0.1) is 10.0 Å². The second-order valence-electron chi connectivity index (χ2n) is 5.46. The van der Waals surface area contributed by atoms with Gasteiger partial charge in [0.2, 0.25) is 0 Å². The molecule has 1 atom stereocenters. The number of nitrogens with two attached hydrogens (primary N) is 1. The molecule has 0 aliphatic carbocycles. The van der Waals surface area contributed by atoms with E-state index >= 15 is 0 Å². The molecular weight excluding hydrogens is 293 g/mol. The maximum atomic E-state index is 6.28. The highest BCUT2D eigenvalue weighted by atomic mass is 35.5. The SMILES string of the molecule is CCN(CC)C(C)(C)C(Cc1cccc(Cl)c1Cl)NN. The van der Waals surface area contributed by atoms with Crippen molar-refractivity contribution in [2.75, 3.05) is 13.1 Å². The predicted molar refractivity (Wildman–Crippen MR) is 88.3 cm³/mol. The van der Waals surface area contributed by atoms with Crippen LogP contribution in [0.3, 0.4) is 0 Å². The summed E-state index contributed by atoms with van der Waals surface area (Å²) >= 11 is 12.4. The fourth-order valence-electron chi connectivity index (χ4n) is 2.70. The maximum Gasteiger partial charge on any atom is 0.0624 e. The molecule has 0 aliphatic rings. The average Bonchev–Trinajstić information content (AvgIpc) is 2.41. The van der Waals surface area contributed by atoms with Gasteiger partial charge in [0.15, 0.2) is 0 Å². The van der Waals surface area contributed by atoms with Gasteiger partial charge in [-0.25, -0.2) is 0 Å². The molecule has 0 radical (unpaired) electrons. The van der Waals surface area contributed by atoms with Crippen LogP contribution >= 0.6 is 23.2 Å². The Hall–Kier alpha value is -0.320. The maximum absolute atomic E-state index is 6.28. The van der Waals surface area contributed by atoms with E-state index in [1.54, 1.807) is 6.07 Å². The summed E-state index contributed by atoms with van der Waals surface area (Å²) in [5.74, 6) is 5.79. The minimum absolute atomic E-state index is 0.0795. The van der Waals surface area contributed by atoms with Gasteiger partial charge in [0, 0.05) is 11.6 Å². The first-order chi connectivity index (χ1) is 9.38. The Morgan fingerprint density at radius 3 is 2.35 bits per heavy atom. The van der Waals surface area contributed by atoms with Crippen LogP contribution in [0.15, 0.2) is 18.2 Å². The largest absolute Gasteiger partial charge is 0.297 e. The normalized spacial score (nSPS) is 13.8. The van der Waals surface area contributed by atoms with Gasteiger partial charge < -0.3 is 0 Å². The van der Waals surface area contributed by atoms with Crippen molar-refractivity contribution in [2.45, 2.75) is 45.7 Å². The van der Waals surface area contributed by atoms with Gasteiger partial charge in [0.1, 0.15) is 0 Å². The van der Waals surface area contributed by atoms with Crippen LogP contribution in [0.25, 0.3) is 0 Å². The first-order valence-electron chi connectivity index (χ1n) is 7.02. The summed E-state index contributed by atoms with van der Waals surface area (Å²) in [5.41, 5.74) is 3.88. The number of hydrazine groups is 1. The number of nitrogens with one attached hydrogen (secondary N) is 1. The van der Waals surface area contributed by atoms with E-state index < -0.39 is 0 Å². The molecule has 1 aromatic carbocycles. The molecule has 1 unspecified atom stereocenters. The Balaban J connectivity index is 2.99. The highest BCUT2D eigenvalue weighted by molar-refractivity contribution is 6.42. The summed E-state index contributed by atoms with van der Waals surface area (Å²) in [6.07, 6.45) is 0.736. The van der Waals surface area contributed by atoms with E-state index in [1.165, 1.54) is 0 Å². The number of benzene rings is 1. The molecule has 0 saturated carbocycles. The number of hydrogen-bond acceptors (Lipinski definition) is 3. The lowest BCUT2D eigenvalue weighted by molar-refractivity contribution is 0.0912. The second kappa shape index (κ2) is 7.62. The lowest BCUT2D eigenvalue weighted by Gasteiger charge is -2.43. The van der Waals surface area contributed by atoms with Crippen LogP contribution in [-0.4, -0.2) is 29.6 Å². The summed E-state index contributed by atoms with van der Waals surface area (Å²) in [4.78, 5) is 2.38. The van der Waals surface area contributed by atoms with Crippen LogP contribution in [0.2, 0.25) is 10.0 Å². The van der Waals surface area contributed by atoms with Gasteiger partial charge in [-0.1, -0.05) is 49.2 Å². The molecule has 114 valence electrons. The van der Waals surface area contributed by atoms with Crippen LogP contribution in [-0.2, 0) is 6.42 Å². The second-order valence-corrected chi connectivity index (χ2v) is 6.25. The van der Waals surface area contributed by atoms with E-state index in [0.29, 0.717) is 10.0 Å². The number of likely N-dealkylation sites (N-methyl/N-ethyl adjacent to an activating group) is 1. The van der Waals surface area contributed by atoms with Crippen molar-refractivity contribution in [3.63, 3.8) is 0 Å². The zero-order chi connectivity index (χ0) is 15.3. The van der Waals surface area contributed by atoms with Crippen molar-refractivity contribution in [2.24, 2.45) is 5.84 Å². The van der Waals surface area contributed by atoms with Gasteiger partial charge in [-0.15, -0.1) is 0 Å². The van der Waals surface area contributed by atoms with E-state index in [2.05, 4.69) is 38.0 Å². The van der Waals surface area contributed by atoms with E-state index in [-0.39, 0.29) is 11.6 Å². The fourth-order valence-corrected chi connectivity index (χ4v) is 3.09. The van der Waals surface area contributed by atoms with E-state index in [1.807, 2.05) is 12.1 Å². The van der Waals surface area contributed by atoms with Crippen molar-refractivity contribution < 1.29 is 0 Å².